The molecule has 0 spiro atoms. The van der Waals surface area contributed by atoms with Gasteiger partial charge >= 0.3 is 0 Å². The van der Waals surface area contributed by atoms with Crippen LogP contribution in [0.4, 0.5) is 10.5 Å². The molecule has 194 valence electrons. The standard InChI is InChI=1S/C26H26ClN3O6S/c1-35-20-13-17(12-19(27)24(20)36-16-22(31)28-18-8-4-2-5-9-18)14-21-25(33)30(26(34)37-21)15-23(32)29-10-6-3-7-11-29/h2,4-5,8-9,12-14H,3,6-7,10-11,15-16H2,1H3,(H,28,31)/b21-14-. The molecule has 2 aromatic carbocycles. The van der Waals surface area contributed by atoms with Crippen molar-refractivity contribution in [3.8, 4) is 11.5 Å². The van der Waals surface area contributed by atoms with E-state index in [2.05, 4.69) is 5.32 Å². The number of methoxy groups -OCH3 is 1. The number of ether oxygens (including phenoxy) is 2. The zero-order valence-corrected chi connectivity index (χ0v) is 21.8. The molecule has 2 aliphatic heterocycles. The van der Waals surface area contributed by atoms with Gasteiger partial charge in [0, 0.05) is 18.8 Å². The fourth-order valence-electron chi connectivity index (χ4n) is 3.99. The third-order valence-corrected chi connectivity index (χ3v) is 7.02. The summed E-state index contributed by atoms with van der Waals surface area (Å²) in [6.07, 6.45) is 4.43. The number of halogens is 1. The van der Waals surface area contributed by atoms with Crippen molar-refractivity contribution in [2.24, 2.45) is 0 Å². The first-order chi connectivity index (χ1) is 17.9. The third kappa shape index (κ3) is 6.64. The highest BCUT2D eigenvalue weighted by molar-refractivity contribution is 8.18. The number of para-hydroxylation sites is 1. The molecule has 4 amide bonds. The summed E-state index contributed by atoms with van der Waals surface area (Å²) in [5.74, 6) is -0.712. The zero-order valence-electron chi connectivity index (χ0n) is 20.2. The largest absolute Gasteiger partial charge is 0.493 e. The number of carbonyl (C=O) groups is 4. The molecule has 2 aromatic rings. The van der Waals surface area contributed by atoms with Gasteiger partial charge in [-0.25, -0.2) is 0 Å². The Bertz CT molecular complexity index is 1230. The molecule has 37 heavy (non-hydrogen) atoms. The van der Waals surface area contributed by atoms with Crippen LogP contribution < -0.4 is 14.8 Å². The maximum Gasteiger partial charge on any atom is 0.294 e. The second kappa shape index (κ2) is 12.2. The van der Waals surface area contributed by atoms with E-state index in [0.717, 1.165) is 35.9 Å². The van der Waals surface area contributed by atoms with Crippen LogP contribution in [0.25, 0.3) is 6.08 Å². The summed E-state index contributed by atoms with van der Waals surface area (Å²) in [5.41, 5.74) is 1.13. The fraction of sp³-hybridized carbons (Fsp3) is 0.308. The summed E-state index contributed by atoms with van der Waals surface area (Å²) in [4.78, 5) is 53.0. The van der Waals surface area contributed by atoms with Gasteiger partial charge in [-0.3, -0.25) is 24.1 Å². The average molecular weight is 544 g/mol. The highest BCUT2D eigenvalue weighted by Gasteiger charge is 2.37. The van der Waals surface area contributed by atoms with Gasteiger partial charge < -0.3 is 19.7 Å². The molecule has 11 heteroatoms. The average Bonchev–Trinajstić information content (AvgIpc) is 3.16. The summed E-state index contributed by atoms with van der Waals surface area (Å²) < 4.78 is 11.0. The molecule has 0 radical (unpaired) electrons. The predicted molar refractivity (Wildman–Crippen MR) is 142 cm³/mol. The molecule has 2 saturated heterocycles. The van der Waals surface area contributed by atoms with E-state index in [9.17, 15) is 19.2 Å². The number of anilines is 1. The van der Waals surface area contributed by atoms with Crippen molar-refractivity contribution in [3.05, 3.63) is 58.0 Å². The fourth-order valence-corrected chi connectivity index (χ4v) is 5.10. The molecule has 0 aromatic heterocycles. The summed E-state index contributed by atoms with van der Waals surface area (Å²) in [5, 5.41) is 2.38. The Kier molecular flexibility index (Phi) is 8.73. The van der Waals surface area contributed by atoms with Gasteiger partial charge in [-0.15, -0.1) is 0 Å². The molecule has 0 unspecified atom stereocenters. The smallest absolute Gasteiger partial charge is 0.294 e. The lowest BCUT2D eigenvalue weighted by molar-refractivity contribution is -0.136. The highest BCUT2D eigenvalue weighted by Crippen LogP contribution is 2.39. The Morgan fingerprint density at radius 2 is 1.84 bits per heavy atom. The lowest BCUT2D eigenvalue weighted by Crippen LogP contribution is -2.44. The van der Waals surface area contributed by atoms with Gasteiger partial charge in [-0.1, -0.05) is 29.8 Å². The van der Waals surface area contributed by atoms with Crippen LogP contribution in [0.2, 0.25) is 5.02 Å². The maximum atomic E-state index is 12.9. The van der Waals surface area contributed by atoms with Gasteiger partial charge in [0.15, 0.2) is 18.1 Å². The van der Waals surface area contributed by atoms with Crippen LogP contribution in [0.15, 0.2) is 47.4 Å². The van der Waals surface area contributed by atoms with Crippen LogP contribution in [0.3, 0.4) is 0 Å². The monoisotopic (exact) mass is 543 g/mol. The third-order valence-electron chi connectivity index (χ3n) is 5.83. The summed E-state index contributed by atoms with van der Waals surface area (Å²) in [6, 6.07) is 12.1. The first kappa shape index (κ1) is 26.6. The number of benzene rings is 2. The van der Waals surface area contributed by atoms with E-state index in [1.54, 1.807) is 41.3 Å². The van der Waals surface area contributed by atoms with Crippen molar-refractivity contribution in [2.75, 3.05) is 38.7 Å². The summed E-state index contributed by atoms with van der Waals surface area (Å²) in [7, 11) is 1.42. The molecular weight excluding hydrogens is 518 g/mol. The lowest BCUT2D eigenvalue weighted by atomic mass is 10.1. The molecule has 4 rings (SSSR count). The molecule has 2 aliphatic rings. The van der Waals surface area contributed by atoms with E-state index in [1.807, 2.05) is 6.07 Å². The maximum absolute atomic E-state index is 12.9. The van der Waals surface area contributed by atoms with Gasteiger partial charge in [-0.05, 0) is 66.9 Å². The van der Waals surface area contributed by atoms with Gasteiger partial charge in [-0.2, -0.15) is 0 Å². The normalized spacial score (nSPS) is 16.8. The molecule has 2 heterocycles. The molecule has 1 N–H and O–H groups in total. The van der Waals surface area contributed by atoms with Crippen molar-refractivity contribution < 1.29 is 28.7 Å². The molecule has 0 bridgehead atoms. The number of nitrogens with zero attached hydrogens (tertiary/aromatic N) is 2. The van der Waals surface area contributed by atoms with Crippen molar-refractivity contribution in [3.63, 3.8) is 0 Å². The number of nitrogens with one attached hydrogen (secondary N) is 1. The van der Waals surface area contributed by atoms with Crippen molar-refractivity contribution in [2.45, 2.75) is 19.3 Å². The minimum absolute atomic E-state index is 0.164. The Hall–Kier alpha value is -3.50. The SMILES string of the molecule is COc1cc(/C=C2\SC(=O)N(CC(=O)N3CCCCC3)C2=O)cc(Cl)c1OCC(=O)Nc1ccccc1. The number of likely N-dealkylation sites (tertiary alicyclic amines) is 1. The second-order valence-corrected chi connectivity index (χ2v) is 9.85. The number of hydrogen-bond donors (Lipinski definition) is 1. The van der Waals surface area contributed by atoms with Gasteiger partial charge in [0.05, 0.1) is 17.0 Å². The molecule has 0 atom stereocenters. The Morgan fingerprint density at radius 3 is 2.54 bits per heavy atom. The molecule has 0 aliphatic carbocycles. The quantitative estimate of drug-likeness (QED) is 0.491. The Labute approximate surface area is 223 Å². The summed E-state index contributed by atoms with van der Waals surface area (Å²) in [6.45, 7) is 0.717. The number of rotatable bonds is 8. The molecular formula is C26H26ClN3O6S. The van der Waals surface area contributed by atoms with Crippen LogP contribution in [0.1, 0.15) is 24.8 Å². The van der Waals surface area contributed by atoms with Crippen LogP contribution in [-0.2, 0) is 14.4 Å². The van der Waals surface area contributed by atoms with Crippen LogP contribution in [0.5, 0.6) is 11.5 Å². The molecule has 2 fully saturated rings. The molecule has 9 nitrogen and oxygen atoms in total. The number of thioether (sulfide) groups is 1. The minimum Gasteiger partial charge on any atom is -0.493 e. The topological polar surface area (TPSA) is 105 Å². The van der Waals surface area contributed by atoms with Crippen molar-refractivity contribution in [1.29, 1.82) is 0 Å². The van der Waals surface area contributed by atoms with Gasteiger partial charge in [0.25, 0.3) is 17.1 Å². The van der Waals surface area contributed by atoms with E-state index in [-0.39, 0.29) is 46.4 Å². The van der Waals surface area contributed by atoms with E-state index >= 15 is 0 Å². The number of carbonyl (C=O) groups excluding carboxylic acids is 4. The lowest BCUT2D eigenvalue weighted by Gasteiger charge is -2.27. The van der Waals surface area contributed by atoms with E-state index in [1.165, 1.54) is 13.2 Å². The number of piperidine rings is 1. The van der Waals surface area contributed by atoms with Crippen molar-refractivity contribution >= 4 is 58.1 Å². The van der Waals surface area contributed by atoms with E-state index < -0.39 is 11.1 Å². The molecule has 0 saturated carbocycles. The Balaban J connectivity index is 1.43. The number of imide groups is 1. The minimum atomic E-state index is -0.534. The second-order valence-electron chi connectivity index (χ2n) is 8.45. The predicted octanol–water partition coefficient (Wildman–Crippen LogP) is 4.41. The number of hydrogen-bond acceptors (Lipinski definition) is 7. The van der Waals surface area contributed by atoms with Crippen molar-refractivity contribution in [1.82, 2.24) is 9.80 Å². The van der Waals surface area contributed by atoms with Crippen LogP contribution in [0, 0.1) is 0 Å². The Morgan fingerprint density at radius 1 is 1.11 bits per heavy atom. The zero-order chi connectivity index (χ0) is 26.4. The van der Waals surface area contributed by atoms with Gasteiger partial charge in [0.1, 0.15) is 6.54 Å². The number of amides is 4. The van der Waals surface area contributed by atoms with Gasteiger partial charge in [0.2, 0.25) is 5.91 Å². The van der Waals surface area contributed by atoms with Crippen LogP contribution in [-0.4, -0.2) is 66.1 Å². The van der Waals surface area contributed by atoms with E-state index in [4.69, 9.17) is 21.1 Å². The van der Waals surface area contributed by atoms with Crippen LogP contribution >= 0.6 is 23.4 Å². The first-order valence-corrected chi connectivity index (χ1v) is 12.9. The first-order valence-electron chi connectivity index (χ1n) is 11.7. The van der Waals surface area contributed by atoms with E-state index in [0.29, 0.717) is 24.3 Å². The highest BCUT2D eigenvalue weighted by atomic mass is 35.5. The summed E-state index contributed by atoms with van der Waals surface area (Å²) >= 11 is 7.17.